The minimum Gasteiger partial charge on any atom is -0.378 e. The lowest BCUT2D eigenvalue weighted by Crippen LogP contribution is -2.41. The number of ether oxygens (including phenoxy) is 1. The van der Waals surface area contributed by atoms with Crippen LogP contribution < -0.4 is 5.32 Å². The summed E-state index contributed by atoms with van der Waals surface area (Å²) in [5.41, 5.74) is 2.07. The van der Waals surface area contributed by atoms with Crippen molar-refractivity contribution >= 4 is 28.6 Å². The molecule has 0 saturated carbocycles. The summed E-state index contributed by atoms with van der Waals surface area (Å²) in [6, 6.07) is 11.6. The Balaban J connectivity index is 1.43. The van der Waals surface area contributed by atoms with E-state index in [9.17, 15) is 9.18 Å². The lowest BCUT2D eigenvalue weighted by Gasteiger charge is -2.27. The first-order valence-electron chi connectivity index (χ1n) is 10.3. The van der Waals surface area contributed by atoms with E-state index in [-0.39, 0.29) is 11.5 Å². The van der Waals surface area contributed by atoms with Crippen molar-refractivity contribution in [2.24, 2.45) is 0 Å². The number of rotatable bonds is 4. The summed E-state index contributed by atoms with van der Waals surface area (Å²) >= 11 is 0. The number of hydrogen-bond donors (Lipinski definition) is 1. The lowest BCUT2D eigenvalue weighted by atomic mass is 10.1. The van der Waals surface area contributed by atoms with E-state index in [4.69, 9.17) is 10.00 Å². The SMILES string of the molecule is N#Cc1ccc(Nc2ncc3ccn(-c4ccc(C(=O)N5CCOCC5)c(F)c4)c3n2)cn1. The number of nitrogens with zero attached hydrogens (tertiary/aromatic N) is 6. The molecule has 9 nitrogen and oxygen atoms in total. The van der Waals surface area contributed by atoms with Gasteiger partial charge in [-0.3, -0.25) is 4.79 Å². The Morgan fingerprint density at radius 2 is 1.97 bits per heavy atom. The lowest BCUT2D eigenvalue weighted by molar-refractivity contribution is 0.0300. The van der Waals surface area contributed by atoms with Crippen molar-refractivity contribution < 1.29 is 13.9 Å². The Hall–Kier alpha value is -4.36. The fraction of sp³-hybridized carbons (Fsp3) is 0.174. The van der Waals surface area contributed by atoms with Crippen LogP contribution in [0.2, 0.25) is 0 Å². The number of carbonyl (C=O) groups excluding carboxylic acids is 1. The summed E-state index contributed by atoms with van der Waals surface area (Å²) in [5.74, 6) is -0.611. The van der Waals surface area contributed by atoms with E-state index in [2.05, 4.69) is 20.3 Å². The van der Waals surface area contributed by atoms with Crippen LogP contribution in [0.1, 0.15) is 16.1 Å². The number of carbonyl (C=O) groups is 1. The second-order valence-corrected chi connectivity index (χ2v) is 7.40. The van der Waals surface area contributed by atoms with Crippen molar-refractivity contribution in [2.75, 3.05) is 31.6 Å². The predicted octanol–water partition coefficient (Wildman–Crippen LogP) is 3.04. The second-order valence-electron chi connectivity index (χ2n) is 7.40. The van der Waals surface area contributed by atoms with E-state index >= 15 is 0 Å². The van der Waals surface area contributed by atoms with Gasteiger partial charge in [-0.05, 0) is 36.4 Å². The highest BCUT2D eigenvalue weighted by Crippen LogP contribution is 2.23. The van der Waals surface area contributed by atoms with Gasteiger partial charge in [-0.25, -0.2) is 14.4 Å². The molecule has 0 bridgehead atoms. The smallest absolute Gasteiger partial charge is 0.256 e. The molecule has 3 aromatic heterocycles. The van der Waals surface area contributed by atoms with Crippen molar-refractivity contribution in [2.45, 2.75) is 0 Å². The number of nitriles is 1. The molecule has 1 saturated heterocycles. The molecule has 0 atom stereocenters. The largest absolute Gasteiger partial charge is 0.378 e. The molecule has 0 radical (unpaired) electrons. The quantitative estimate of drug-likeness (QED) is 0.516. The number of halogens is 1. The molecule has 1 N–H and O–H groups in total. The van der Waals surface area contributed by atoms with Crippen LogP contribution in [0.15, 0.2) is 55.0 Å². The first kappa shape index (κ1) is 20.5. The zero-order valence-corrected chi connectivity index (χ0v) is 17.4. The van der Waals surface area contributed by atoms with E-state index < -0.39 is 5.82 Å². The Morgan fingerprint density at radius 3 is 2.70 bits per heavy atom. The van der Waals surface area contributed by atoms with E-state index in [1.165, 1.54) is 18.3 Å². The van der Waals surface area contributed by atoms with Gasteiger partial charge in [-0.15, -0.1) is 0 Å². The third-order valence-electron chi connectivity index (χ3n) is 5.32. The van der Waals surface area contributed by atoms with Gasteiger partial charge in [0.2, 0.25) is 5.95 Å². The zero-order chi connectivity index (χ0) is 22.8. The molecule has 4 heterocycles. The molecule has 1 aliphatic rings. The number of hydrogen-bond acceptors (Lipinski definition) is 7. The molecular weight excluding hydrogens is 425 g/mol. The van der Waals surface area contributed by atoms with Crippen LogP contribution in [0.25, 0.3) is 16.7 Å². The topological polar surface area (TPSA) is 109 Å². The summed E-state index contributed by atoms with van der Waals surface area (Å²) in [4.78, 5) is 27.1. The van der Waals surface area contributed by atoms with Crippen LogP contribution in [0, 0.1) is 17.1 Å². The Bertz CT molecular complexity index is 1370. The number of benzene rings is 1. The minimum atomic E-state index is -0.595. The number of anilines is 2. The monoisotopic (exact) mass is 443 g/mol. The van der Waals surface area contributed by atoms with Gasteiger partial charge < -0.3 is 19.5 Å². The molecule has 0 aliphatic carbocycles. The number of amides is 1. The fourth-order valence-electron chi connectivity index (χ4n) is 3.61. The Labute approximate surface area is 188 Å². The first-order valence-corrected chi connectivity index (χ1v) is 10.3. The van der Waals surface area contributed by atoms with E-state index in [1.807, 2.05) is 12.1 Å². The summed E-state index contributed by atoms with van der Waals surface area (Å²) in [6.45, 7) is 1.80. The highest BCUT2D eigenvalue weighted by atomic mass is 19.1. The van der Waals surface area contributed by atoms with Crippen LogP contribution in [0.4, 0.5) is 16.0 Å². The molecule has 5 rings (SSSR count). The van der Waals surface area contributed by atoms with E-state index in [1.54, 1.807) is 40.1 Å². The Morgan fingerprint density at radius 1 is 1.12 bits per heavy atom. The molecule has 33 heavy (non-hydrogen) atoms. The van der Waals surface area contributed by atoms with Gasteiger partial charge in [0, 0.05) is 36.6 Å². The number of nitrogens with one attached hydrogen (secondary N) is 1. The summed E-state index contributed by atoms with van der Waals surface area (Å²) in [5, 5.41) is 12.7. The van der Waals surface area contributed by atoms with Crippen molar-refractivity contribution in [1.82, 2.24) is 24.4 Å². The first-order chi connectivity index (χ1) is 16.1. The highest BCUT2D eigenvalue weighted by Gasteiger charge is 2.22. The van der Waals surface area contributed by atoms with Gasteiger partial charge >= 0.3 is 0 Å². The van der Waals surface area contributed by atoms with Gasteiger partial charge in [0.15, 0.2) is 0 Å². The predicted molar refractivity (Wildman–Crippen MR) is 118 cm³/mol. The summed E-state index contributed by atoms with van der Waals surface area (Å²) < 4.78 is 21.9. The molecule has 10 heteroatoms. The van der Waals surface area contributed by atoms with Crippen LogP contribution >= 0.6 is 0 Å². The van der Waals surface area contributed by atoms with Crippen molar-refractivity contribution in [3.05, 3.63) is 72.1 Å². The molecule has 0 unspecified atom stereocenters. The Kier molecular flexibility index (Phi) is 5.38. The molecule has 0 spiro atoms. The number of aromatic nitrogens is 4. The van der Waals surface area contributed by atoms with Crippen LogP contribution in [0.5, 0.6) is 0 Å². The maximum atomic E-state index is 14.9. The average molecular weight is 443 g/mol. The van der Waals surface area contributed by atoms with Crippen molar-refractivity contribution in [3.63, 3.8) is 0 Å². The van der Waals surface area contributed by atoms with Gasteiger partial charge in [0.1, 0.15) is 23.2 Å². The summed E-state index contributed by atoms with van der Waals surface area (Å²) in [7, 11) is 0. The van der Waals surface area contributed by atoms with Crippen LogP contribution in [0.3, 0.4) is 0 Å². The molecular formula is C23H18FN7O2. The van der Waals surface area contributed by atoms with Crippen LogP contribution in [-0.4, -0.2) is 56.6 Å². The van der Waals surface area contributed by atoms with E-state index in [0.717, 1.165) is 5.39 Å². The van der Waals surface area contributed by atoms with Gasteiger partial charge in [-0.2, -0.15) is 10.2 Å². The van der Waals surface area contributed by atoms with Crippen LogP contribution in [-0.2, 0) is 4.74 Å². The highest BCUT2D eigenvalue weighted by molar-refractivity contribution is 5.95. The minimum absolute atomic E-state index is 0.0300. The molecule has 164 valence electrons. The molecule has 1 aromatic carbocycles. The number of fused-ring (bicyclic) bond motifs is 1. The molecule has 1 aliphatic heterocycles. The van der Waals surface area contributed by atoms with Crippen molar-refractivity contribution in [1.29, 1.82) is 5.26 Å². The zero-order valence-electron chi connectivity index (χ0n) is 17.4. The van der Waals surface area contributed by atoms with Gasteiger partial charge in [0.05, 0.1) is 30.7 Å². The third-order valence-corrected chi connectivity index (χ3v) is 5.32. The van der Waals surface area contributed by atoms with Crippen molar-refractivity contribution in [3.8, 4) is 11.8 Å². The normalized spacial score (nSPS) is 13.6. The standard InChI is InChI=1S/C23H18FN7O2/c24-20-11-18(3-4-19(20)22(32)30-7-9-33-10-8-30)31-6-5-15-13-27-23(29-21(15)31)28-17-2-1-16(12-25)26-14-17/h1-6,11,13-14H,7-10H2,(H,27,28,29). The average Bonchev–Trinajstić information content (AvgIpc) is 3.28. The molecule has 1 amide bonds. The van der Waals surface area contributed by atoms with Gasteiger partial charge in [-0.1, -0.05) is 0 Å². The maximum absolute atomic E-state index is 14.9. The maximum Gasteiger partial charge on any atom is 0.256 e. The summed E-state index contributed by atoms with van der Waals surface area (Å²) in [6.07, 6.45) is 4.94. The van der Waals surface area contributed by atoms with Gasteiger partial charge in [0.25, 0.3) is 5.91 Å². The number of pyridine rings is 1. The molecule has 1 fully saturated rings. The molecule has 4 aromatic rings. The number of morpholine rings is 1. The fourth-order valence-corrected chi connectivity index (χ4v) is 3.61. The second kappa shape index (κ2) is 8.64. The third kappa shape index (κ3) is 4.09. The van der Waals surface area contributed by atoms with E-state index in [0.29, 0.717) is 55.0 Å².